The molecule has 0 spiro atoms. The fourth-order valence-corrected chi connectivity index (χ4v) is 1.68. The number of carbonyl (C=O) groups is 1. The molecular weight excluding hydrogens is 152 g/mol. The zero-order valence-corrected chi connectivity index (χ0v) is 7.52. The summed E-state index contributed by atoms with van der Waals surface area (Å²) in [5.74, 6) is 0.264. The van der Waals surface area contributed by atoms with E-state index in [-0.39, 0.29) is 11.3 Å². The maximum atomic E-state index is 11.6. The zero-order valence-electron chi connectivity index (χ0n) is 7.52. The third kappa shape index (κ3) is 1.22. The summed E-state index contributed by atoms with van der Waals surface area (Å²) in [4.78, 5) is 11.6. The Bertz CT molecular complexity index is 195. The Kier molecular flexibility index (Phi) is 1.83. The Morgan fingerprint density at radius 1 is 1.50 bits per heavy atom. The normalized spacial score (nSPS) is 27.1. The monoisotopic (exact) mass is 168 g/mol. The minimum absolute atomic E-state index is 0.0322. The van der Waals surface area contributed by atoms with Crippen LogP contribution in [0.15, 0.2) is 0 Å². The van der Waals surface area contributed by atoms with Crippen molar-refractivity contribution in [2.24, 2.45) is 5.41 Å². The van der Waals surface area contributed by atoms with Gasteiger partial charge >= 0.3 is 0 Å². The van der Waals surface area contributed by atoms with Gasteiger partial charge in [-0.3, -0.25) is 4.79 Å². The van der Waals surface area contributed by atoms with Crippen molar-refractivity contribution in [1.29, 1.82) is 0 Å². The molecule has 0 bridgehead atoms. The summed E-state index contributed by atoms with van der Waals surface area (Å²) >= 11 is 0. The van der Waals surface area contributed by atoms with Gasteiger partial charge in [-0.25, -0.2) is 0 Å². The van der Waals surface area contributed by atoms with Crippen LogP contribution in [-0.4, -0.2) is 25.0 Å². The van der Waals surface area contributed by atoms with Crippen LogP contribution in [0.25, 0.3) is 0 Å². The van der Waals surface area contributed by atoms with Crippen molar-refractivity contribution in [3.8, 4) is 0 Å². The van der Waals surface area contributed by atoms with Crippen molar-refractivity contribution in [2.75, 3.05) is 13.1 Å². The molecule has 68 valence electrons. The first-order valence-electron chi connectivity index (χ1n) is 4.72. The predicted octanol–water partition coefficient (Wildman–Crippen LogP) is 0.265. The van der Waals surface area contributed by atoms with Crippen molar-refractivity contribution in [3.63, 3.8) is 0 Å². The maximum Gasteiger partial charge on any atom is 0.226 e. The number of carbonyl (C=O) groups excluding carboxylic acids is 1. The molecular formula is C9H16N2O. The first kappa shape index (κ1) is 8.05. The number of hydrogen-bond acceptors (Lipinski definition) is 2. The summed E-state index contributed by atoms with van der Waals surface area (Å²) in [6.45, 7) is 3.96. The molecule has 1 saturated carbocycles. The van der Waals surface area contributed by atoms with Gasteiger partial charge in [-0.15, -0.1) is 0 Å². The minimum Gasteiger partial charge on any atom is -0.350 e. The second kappa shape index (κ2) is 2.73. The van der Waals surface area contributed by atoms with E-state index < -0.39 is 0 Å². The molecule has 2 aliphatic rings. The topological polar surface area (TPSA) is 41.1 Å². The van der Waals surface area contributed by atoms with Gasteiger partial charge in [-0.2, -0.15) is 0 Å². The highest BCUT2D eigenvalue weighted by Gasteiger charge is 2.40. The van der Waals surface area contributed by atoms with Crippen molar-refractivity contribution in [1.82, 2.24) is 10.6 Å². The van der Waals surface area contributed by atoms with E-state index in [1.54, 1.807) is 0 Å². The fourth-order valence-electron chi connectivity index (χ4n) is 1.68. The van der Waals surface area contributed by atoms with Gasteiger partial charge in [0.05, 0.1) is 6.04 Å². The predicted molar refractivity (Wildman–Crippen MR) is 46.8 cm³/mol. The molecule has 2 fully saturated rings. The van der Waals surface area contributed by atoms with Crippen LogP contribution in [0.3, 0.4) is 0 Å². The Morgan fingerprint density at radius 3 is 2.50 bits per heavy atom. The summed E-state index contributed by atoms with van der Waals surface area (Å²) < 4.78 is 0. The maximum absolute atomic E-state index is 11.6. The van der Waals surface area contributed by atoms with E-state index in [0.29, 0.717) is 6.04 Å². The van der Waals surface area contributed by atoms with Crippen LogP contribution in [0, 0.1) is 5.41 Å². The number of amides is 1. The van der Waals surface area contributed by atoms with Gasteiger partial charge in [-0.1, -0.05) is 13.3 Å². The molecule has 1 aliphatic carbocycles. The van der Waals surface area contributed by atoms with Crippen LogP contribution in [0.5, 0.6) is 0 Å². The molecule has 12 heavy (non-hydrogen) atoms. The van der Waals surface area contributed by atoms with Gasteiger partial charge in [0.25, 0.3) is 0 Å². The summed E-state index contributed by atoms with van der Waals surface area (Å²) in [5.41, 5.74) is -0.0322. The second-order valence-electron chi connectivity index (χ2n) is 4.24. The van der Waals surface area contributed by atoms with Crippen LogP contribution < -0.4 is 10.6 Å². The molecule has 1 aliphatic heterocycles. The van der Waals surface area contributed by atoms with Gasteiger partial charge in [0.1, 0.15) is 0 Å². The summed E-state index contributed by atoms with van der Waals surface area (Å²) in [7, 11) is 0. The molecule has 0 aromatic rings. The molecule has 0 aromatic carbocycles. The van der Waals surface area contributed by atoms with Gasteiger partial charge in [0, 0.05) is 18.5 Å². The van der Waals surface area contributed by atoms with Gasteiger partial charge < -0.3 is 10.6 Å². The van der Waals surface area contributed by atoms with E-state index in [1.165, 1.54) is 6.42 Å². The van der Waals surface area contributed by atoms with E-state index in [2.05, 4.69) is 17.6 Å². The van der Waals surface area contributed by atoms with Crippen molar-refractivity contribution < 1.29 is 4.79 Å². The Morgan fingerprint density at radius 2 is 2.17 bits per heavy atom. The lowest BCUT2D eigenvalue weighted by atomic mass is 9.69. The SMILES string of the molecule is CC1(C(=O)NC2CNC2)CCC1. The Balaban J connectivity index is 1.82. The van der Waals surface area contributed by atoms with Crippen molar-refractivity contribution in [2.45, 2.75) is 32.2 Å². The highest BCUT2D eigenvalue weighted by molar-refractivity contribution is 5.83. The third-order valence-corrected chi connectivity index (χ3v) is 3.12. The largest absolute Gasteiger partial charge is 0.350 e. The molecule has 1 heterocycles. The molecule has 3 nitrogen and oxygen atoms in total. The summed E-state index contributed by atoms with van der Waals surface area (Å²) in [6.07, 6.45) is 3.35. The van der Waals surface area contributed by atoms with Crippen LogP contribution in [0.2, 0.25) is 0 Å². The number of hydrogen-bond donors (Lipinski definition) is 2. The molecule has 2 rings (SSSR count). The van der Waals surface area contributed by atoms with E-state index in [9.17, 15) is 4.79 Å². The van der Waals surface area contributed by atoms with E-state index in [4.69, 9.17) is 0 Å². The van der Waals surface area contributed by atoms with E-state index >= 15 is 0 Å². The number of rotatable bonds is 2. The molecule has 1 saturated heterocycles. The second-order valence-corrected chi connectivity index (χ2v) is 4.24. The quantitative estimate of drug-likeness (QED) is 0.621. The van der Waals surface area contributed by atoms with Gasteiger partial charge in [-0.05, 0) is 12.8 Å². The molecule has 0 unspecified atom stereocenters. The minimum atomic E-state index is -0.0322. The standard InChI is InChI=1S/C9H16N2O/c1-9(3-2-4-9)8(12)11-7-5-10-6-7/h7,10H,2-6H2,1H3,(H,11,12). The van der Waals surface area contributed by atoms with Crippen LogP contribution in [0.1, 0.15) is 26.2 Å². The molecule has 3 heteroatoms. The van der Waals surface area contributed by atoms with Gasteiger partial charge in [0.15, 0.2) is 0 Å². The molecule has 1 amide bonds. The van der Waals surface area contributed by atoms with Crippen LogP contribution >= 0.6 is 0 Å². The van der Waals surface area contributed by atoms with E-state index in [1.807, 2.05) is 0 Å². The average molecular weight is 168 g/mol. The average Bonchev–Trinajstić information content (AvgIpc) is 1.91. The van der Waals surface area contributed by atoms with Gasteiger partial charge in [0.2, 0.25) is 5.91 Å². The van der Waals surface area contributed by atoms with Crippen molar-refractivity contribution >= 4 is 5.91 Å². The van der Waals surface area contributed by atoms with E-state index in [0.717, 1.165) is 25.9 Å². The molecule has 2 N–H and O–H groups in total. The molecule has 0 atom stereocenters. The zero-order chi connectivity index (χ0) is 8.60. The first-order chi connectivity index (χ1) is 5.71. The van der Waals surface area contributed by atoms with Crippen LogP contribution in [-0.2, 0) is 4.79 Å². The lowest BCUT2D eigenvalue weighted by molar-refractivity contribution is -0.135. The number of nitrogens with one attached hydrogen (secondary N) is 2. The molecule has 0 aromatic heterocycles. The first-order valence-corrected chi connectivity index (χ1v) is 4.72. The third-order valence-electron chi connectivity index (χ3n) is 3.12. The smallest absolute Gasteiger partial charge is 0.226 e. The Hall–Kier alpha value is -0.570. The van der Waals surface area contributed by atoms with Crippen LogP contribution in [0.4, 0.5) is 0 Å². The Labute approximate surface area is 72.9 Å². The molecule has 0 radical (unpaired) electrons. The highest BCUT2D eigenvalue weighted by Crippen LogP contribution is 2.40. The van der Waals surface area contributed by atoms with Crippen molar-refractivity contribution in [3.05, 3.63) is 0 Å². The highest BCUT2D eigenvalue weighted by atomic mass is 16.2. The lowest BCUT2D eigenvalue weighted by Gasteiger charge is -2.39. The lowest BCUT2D eigenvalue weighted by Crippen LogP contribution is -2.60. The fraction of sp³-hybridized carbons (Fsp3) is 0.889. The summed E-state index contributed by atoms with van der Waals surface area (Å²) in [5, 5.41) is 6.20. The summed E-state index contributed by atoms with van der Waals surface area (Å²) in [6, 6.07) is 0.398.